The lowest BCUT2D eigenvalue weighted by Crippen LogP contribution is -2.43. The average molecular weight is 268 g/mol. The van der Waals surface area contributed by atoms with Crippen molar-refractivity contribution in [3.63, 3.8) is 0 Å². The van der Waals surface area contributed by atoms with Gasteiger partial charge < -0.3 is 15.0 Å². The average Bonchev–Trinajstić information content (AvgIpc) is 2.43. The quantitative estimate of drug-likeness (QED) is 0.487. The van der Waals surface area contributed by atoms with Crippen LogP contribution in [-0.4, -0.2) is 50.3 Å². The third-order valence-electron chi connectivity index (χ3n) is 4.06. The van der Waals surface area contributed by atoms with Crippen LogP contribution in [0.5, 0.6) is 0 Å². The van der Waals surface area contributed by atoms with Gasteiger partial charge in [0.1, 0.15) is 0 Å². The van der Waals surface area contributed by atoms with Crippen LogP contribution in [0.3, 0.4) is 0 Å². The zero-order valence-electron chi connectivity index (χ0n) is 12.9. The number of rotatable bonds is 10. The second-order valence-electron chi connectivity index (χ2n) is 5.61. The summed E-state index contributed by atoms with van der Waals surface area (Å²) >= 11 is 0. The fourth-order valence-electron chi connectivity index (χ4n) is 2.79. The minimum Gasteiger partial charge on any atom is -0.380 e. The molecule has 0 saturated carbocycles. The zero-order chi connectivity index (χ0) is 13.9. The molecule has 0 spiro atoms. The number of nitrogens with zero attached hydrogens (tertiary/aromatic N) is 1. The van der Waals surface area contributed by atoms with Crippen LogP contribution < -0.4 is 5.32 Å². The van der Waals surface area contributed by atoms with Gasteiger partial charge in [-0.15, -0.1) is 6.58 Å². The first-order valence-corrected chi connectivity index (χ1v) is 7.92. The van der Waals surface area contributed by atoms with Crippen molar-refractivity contribution in [1.82, 2.24) is 10.2 Å². The molecule has 1 aliphatic rings. The SMILES string of the molecule is C=CCCOCCNC(C)C1CCN(CCC)CC1. The summed E-state index contributed by atoms with van der Waals surface area (Å²) in [6, 6.07) is 0.617. The molecule has 1 atom stereocenters. The van der Waals surface area contributed by atoms with Crippen molar-refractivity contribution in [2.24, 2.45) is 5.92 Å². The van der Waals surface area contributed by atoms with E-state index in [1.54, 1.807) is 0 Å². The largest absolute Gasteiger partial charge is 0.380 e. The summed E-state index contributed by atoms with van der Waals surface area (Å²) in [5.41, 5.74) is 0. The molecule has 1 heterocycles. The summed E-state index contributed by atoms with van der Waals surface area (Å²) in [5.74, 6) is 0.835. The van der Waals surface area contributed by atoms with E-state index in [0.717, 1.165) is 32.1 Å². The Balaban J connectivity index is 2.04. The molecule has 1 saturated heterocycles. The van der Waals surface area contributed by atoms with Crippen molar-refractivity contribution < 1.29 is 4.74 Å². The smallest absolute Gasteiger partial charge is 0.0591 e. The van der Waals surface area contributed by atoms with E-state index in [0.29, 0.717) is 6.04 Å². The van der Waals surface area contributed by atoms with Crippen LogP contribution in [0.2, 0.25) is 0 Å². The first kappa shape index (κ1) is 16.7. The molecule has 112 valence electrons. The van der Waals surface area contributed by atoms with Gasteiger partial charge in [-0.1, -0.05) is 13.0 Å². The van der Waals surface area contributed by atoms with Crippen LogP contribution in [0.1, 0.15) is 39.5 Å². The monoisotopic (exact) mass is 268 g/mol. The highest BCUT2D eigenvalue weighted by Crippen LogP contribution is 2.20. The molecule has 1 aliphatic heterocycles. The predicted molar refractivity (Wildman–Crippen MR) is 82.6 cm³/mol. The first-order chi connectivity index (χ1) is 9.27. The lowest BCUT2D eigenvalue weighted by Gasteiger charge is -2.35. The Hall–Kier alpha value is -0.380. The highest BCUT2D eigenvalue weighted by Gasteiger charge is 2.22. The van der Waals surface area contributed by atoms with Gasteiger partial charge in [-0.05, 0) is 58.2 Å². The summed E-state index contributed by atoms with van der Waals surface area (Å²) in [6.45, 7) is 14.7. The Morgan fingerprint density at radius 2 is 2.11 bits per heavy atom. The van der Waals surface area contributed by atoms with Gasteiger partial charge in [-0.3, -0.25) is 0 Å². The molecule has 0 bridgehead atoms. The third-order valence-corrected chi connectivity index (χ3v) is 4.06. The van der Waals surface area contributed by atoms with E-state index in [1.807, 2.05) is 6.08 Å². The van der Waals surface area contributed by atoms with Crippen molar-refractivity contribution in [1.29, 1.82) is 0 Å². The molecule has 0 radical (unpaired) electrons. The topological polar surface area (TPSA) is 24.5 Å². The molecule has 0 aromatic heterocycles. The van der Waals surface area contributed by atoms with Crippen LogP contribution >= 0.6 is 0 Å². The number of nitrogens with one attached hydrogen (secondary N) is 1. The maximum absolute atomic E-state index is 5.52. The Morgan fingerprint density at radius 3 is 2.74 bits per heavy atom. The summed E-state index contributed by atoms with van der Waals surface area (Å²) in [7, 11) is 0. The molecule has 0 amide bonds. The van der Waals surface area contributed by atoms with Gasteiger partial charge in [0.15, 0.2) is 0 Å². The van der Waals surface area contributed by atoms with Crippen molar-refractivity contribution in [3.8, 4) is 0 Å². The molecule has 0 aliphatic carbocycles. The molecule has 1 N–H and O–H groups in total. The van der Waals surface area contributed by atoms with Gasteiger partial charge in [0, 0.05) is 12.6 Å². The van der Waals surface area contributed by atoms with E-state index < -0.39 is 0 Å². The lowest BCUT2D eigenvalue weighted by molar-refractivity contribution is 0.128. The number of likely N-dealkylation sites (tertiary alicyclic amines) is 1. The van der Waals surface area contributed by atoms with Crippen molar-refractivity contribution >= 4 is 0 Å². The van der Waals surface area contributed by atoms with Crippen molar-refractivity contribution in [2.75, 3.05) is 39.4 Å². The maximum Gasteiger partial charge on any atom is 0.0591 e. The van der Waals surface area contributed by atoms with Crippen LogP contribution in [0, 0.1) is 5.92 Å². The number of hydrogen-bond acceptors (Lipinski definition) is 3. The van der Waals surface area contributed by atoms with Gasteiger partial charge in [-0.25, -0.2) is 0 Å². The third kappa shape index (κ3) is 7.09. The van der Waals surface area contributed by atoms with Crippen LogP contribution in [-0.2, 0) is 4.74 Å². The van der Waals surface area contributed by atoms with E-state index in [9.17, 15) is 0 Å². The standard InChI is InChI=1S/C16H32N2O/c1-4-6-13-19-14-9-17-15(3)16-7-11-18(10-5-2)12-8-16/h4,15-17H,1,5-14H2,2-3H3. The van der Waals surface area contributed by atoms with Gasteiger partial charge in [-0.2, -0.15) is 0 Å². The highest BCUT2D eigenvalue weighted by molar-refractivity contribution is 4.79. The minimum atomic E-state index is 0.617. The fourth-order valence-corrected chi connectivity index (χ4v) is 2.79. The summed E-state index contributed by atoms with van der Waals surface area (Å²) in [4.78, 5) is 2.60. The van der Waals surface area contributed by atoms with Gasteiger partial charge in [0.25, 0.3) is 0 Å². The number of piperidine rings is 1. The van der Waals surface area contributed by atoms with E-state index in [1.165, 1.54) is 38.9 Å². The second kappa shape index (κ2) is 10.4. The maximum atomic E-state index is 5.52. The molecule has 3 nitrogen and oxygen atoms in total. The Morgan fingerprint density at radius 1 is 1.37 bits per heavy atom. The Labute approximate surface area is 119 Å². The van der Waals surface area contributed by atoms with Crippen LogP contribution in [0.4, 0.5) is 0 Å². The summed E-state index contributed by atoms with van der Waals surface area (Å²) in [5, 5.41) is 3.61. The normalized spacial score (nSPS) is 19.5. The van der Waals surface area contributed by atoms with E-state index in [2.05, 4.69) is 30.6 Å². The highest BCUT2D eigenvalue weighted by atomic mass is 16.5. The predicted octanol–water partition coefficient (Wildman–Crippen LogP) is 2.68. The molecule has 1 unspecified atom stereocenters. The van der Waals surface area contributed by atoms with Gasteiger partial charge >= 0.3 is 0 Å². The molecule has 3 heteroatoms. The summed E-state index contributed by atoms with van der Waals surface area (Å²) in [6.07, 6.45) is 6.81. The Bertz CT molecular complexity index is 225. The van der Waals surface area contributed by atoms with Crippen molar-refractivity contribution in [3.05, 3.63) is 12.7 Å². The first-order valence-electron chi connectivity index (χ1n) is 7.92. The van der Waals surface area contributed by atoms with Crippen molar-refractivity contribution in [2.45, 2.75) is 45.6 Å². The molecule has 1 rings (SSSR count). The molecule has 19 heavy (non-hydrogen) atoms. The Kier molecular flexibility index (Phi) is 9.14. The van der Waals surface area contributed by atoms with Crippen LogP contribution in [0.15, 0.2) is 12.7 Å². The van der Waals surface area contributed by atoms with E-state index in [4.69, 9.17) is 4.74 Å². The van der Waals surface area contributed by atoms with Crippen LogP contribution in [0.25, 0.3) is 0 Å². The van der Waals surface area contributed by atoms with E-state index >= 15 is 0 Å². The molecular weight excluding hydrogens is 236 g/mol. The van der Waals surface area contributed by atoms with E-state index in [-0.39, 0.29) is 0 Å². The molecule has 1 fully saturated rings. The number of ether oxygens (including phenoxy) is 1. The fraction of sp³-hybridized carbons (Fsp3) is 0.875. The van der Waals surface area contributed by atoms with Gasteiger partial charge in [0.05, 0.1) is 13.2 Å². The lowest BCUT2D eigenvalue weighted by atomic mass is 9.90. The minimum absolute atomic E-state index is 0.617. The number of hydrogen-bond donors (Lipinski definition) is 1. The second-order valence-corrected chi connectivity index (χ2v) is 5.61. The zero-order valence-corrected chi connectivity index (χ0v) is 12.9. The summed E-state index contributed by atoms with van der Waals surface area (Å²) < 4.78 is 5.52. The van der Waals surface area contributed by atoms with Gasteiger partial charge in [0.2, 0.25) is 0 Å². The molecule has 0 aromatic rings. The molecular formula is C16H32N2O. The molecule has 0 aromatic carbocycles.